The summed E-state index contributed by atoms with van der Waals surface area (Å²) in [5.41, 5.74) is 16.1. The van der Waals surface area contributed by atoms with Gasteiger partial charge < -0.3 is 0 Å². The second-order valence-electron chi connectivity index (χ2n) is 13.3. The van der Waals surface area contributed by atoms with Crippen LogP contribution in [0.5, 0.6) is 0 Å². The first-order chi connectivity index (χ1) is 23.8. The smallest absolute Gasteiger partial charge is 0.160 e. The zero-order valence-corrected chi connectivity index (χ0v) is 26.9. The van der Waals surface area contributed by atoms with Crippen LogP contribution in [0.1, 0.15) is 43.2 Å². The van der Waals surface area contributed by atoms with Crippen LogP contribution < -0.4 is 0 Å². The molecule has 230 valence electrons. The maximum atomic E-state index is 5.06. The van der Waals surface area contributed by atoms with E-state index < -0.39 is 0 Å². The SMILES string of the molecule is c1ccc(-c2cc(-c3cccc(-c4ccc(-c5cccc6c5-c5ccccc5C65CCCCC5)cc4)c3)nc(-c3ccccc3)n2)cc1. The molecule has 6 aromatic carbocycles. The van der Waals surface area contributed by atoms with Crippen LogP contribution in [-0.2, 0) is 5.41 Å². The number of aromatic nitrogens is 2. The molecule has 0 amide bonds. The maximum absolute atomic E-state index is 5.06. The average molecular weight is 617 g/mol. The van der Waals surface area contributed by atoms with E-state index in [4.69, 9.17) is 9.97 Å². The van der Waals surface area contributed by atoms with Crippen molar-refractivity contribution in [3.8, 4) is 67.3 Å². The highest BCUT2D eigenvalue weighted by molar-refractivity contribution is 5.93. The van der Waals surface area contributed by atoms with Crippen molar-refractivity contribution in [2.24, 2.45) is 0 Å². The van der Waals surface area contributed by atoms with Crippen LogP contribution in [0, 0.1) is 0 Å². The Kier molecular flexibility index (Phi) is 7.08. The lowest BCUT2D eigenvalue weighted by molar-refractivity contribution is 0.353. The summed E-state index contributed by atoms with van der Waals surface area (Å²) < 4.78 is 0. The third-order valence-electron chi connectivity index (χ3n) is 10.5. The van der Waals surface area contributed by atoms with E-state index in [1.807, 2.05) is 24.3 Å². The third kappa shape index (κ3) is 4.88. The van der Waals surface area contributed by atoms with Gasteiger partial charge >= 0.3 is 0 Å². The van der Waals surface area contributed by atoms with Crippen LogP contribution in [0.2, 0.25) is 0 Å². The summed E-state index contributed by atoms with van der Waals surface area (Å²) in [6.45, 7) is 0. The Morgan fingerprint density at radius 3 is 1.71 bits per heavy atom. The number of rotatable bonds is 5. The van der Waals surface area contributed by atoms with Gasteiger partial charge in [-0.15, -0.1) is 0 Å². The summed E-state index contributed by atoms with van der Waals surface area (Å²) in [7, 11) is 0. The molecule has 48 heavy (non-hydrogen) atoms. The number of benzene rings is 6. The van der Waals surface area contributed by atoms with E-state index in [9.17, 15) is 0 Å². The van der Waals surface area contributed by atoms with Crippen LogP contribution in [0.4, 0.5) is 0 Å². The Morgan fingerprint density at radius 1 is 0.375 bits per heavy atom. The highest BCUT2D eigenvalue weighted by Gasteiger charge is 2.44. The van der Waals surface area contributed by atoms with E-state index in [-0.39, 0.29) is 5.41 Å². The molecule has 2 aliphatic rings. The monoisotopic (exact) mass is 616 g/mol. The zero-order chi connectivity index (χ0) is 31.9. The molecule has 2 heteroatoms. The minimum Gasteiger partial charge on any atom is -0.228 e. The van der Waals surface area contributed by atoms with E-state index in [1.165, 1.54) is 76.6 Å². The van der Waals surface area contributed by atoms with E-state index in [1.54, 1.807) is 0 Å². The van der Waals surface area contributed by atoms with Crippen LogP contribution in [0.3, 0.4) is 0 Å². The van der Waals surface area contributed by atoms with Crippen LogP contribution in [0.25, 0.3) is 67.3 Å². The molecule has 1 aromatic heterocycles. The van der Waals surface area contributed by atoms with Crippen molar-refractivity contribution < 1.29 is 0 Å². The van der Waals surface area contributed by atoms with Gasteiger partial charge in [-0.3, -0.25) is 0 Å². The van der Waals surface area contributed by atoms with Gasteiger partial charge in [0, 0.05) is 22.1 Å². The van der Waals surface area contributed by atoms with Crippen molar-refractivity contribution in [1.82, 2.24) is 9.97 Å². The summed E-state index contributed by atoms with van der Waals surface area (Å²) in [5.74, 6) is 0.730. The molecule has 0 radical (unpaired) electrons. The van der Waals surface area contributed by atoms with Crippen molar-refractivity contribution in [3.05, 3.63) is 169 Å². The van der Waals surface area contributed by atoms with Crippen LogP contribution >= 0.6 is 0 Å². The molecule has 0 unspecified atom stereocenters. The second kappa shape index (κ2) is 11.9. The van der Waals surface area contributed by atoms with E-state index in [0.29, 0.717) is 0 Å². The van der Waals surface area contributed by atoms with E-state index in [0.717, 1.165) is 33.9 Å². The fourth-order valence-electron chi connectivity index (χ4n) is 8.21. The minimum atomic E-state index is 0.169. The standard InChI is InChI=1S/C46H36N2/c1-4-14-34(15-5-1)42-31-43(48-45(47-42)35-16-6-2-7-17-35)37-19-12-18-36(30-37)32-24-26-33(27-25-32)38-21-13-23-41-44(38)39-20-8-9-22-40(39)46(41)28-10-3-11-29-46/h1-2,4-9,12-27,30-31H,3,10-11,28-29H2. The van der Waals surface area contributed by atoms with Gasteiger partial charge in [0.2, 0.25) is 0 Å². The molecule has 1 heterocycles. The van der Waals surface area contributed by atoms with E-state index >= 15 is 0 Å². The minimum absolute atomic E-state index is 0.169. The van der Waals surface area contributed by atoms with Crippen molar-refractivity contribution >= 4 is 0 Å². The van der Waals surface area contributed by atoms with Crippen molar-refractivity contribution in [3.63, 3.8) is 0 Å². The summed E-state index contributed by atoms with van der Waals surface area (Å²) in [6, 6.07) is 56.8. The lowest BCUT2D eigenvalue weighted by atomic mass is 9.68. The molecule has 9 rings (SSSR count). The van der Waals surface area contributed by atoms with Gasteiger partial charge in [-0.25, -0.2) is 9.97 Å². The maximum Gasteiger partial charge on any atom is 0.160 e. The molecular formula is C46H36N2. The van der Waals surface area contributed by atoms with Gasteiger partial charge in [0.1, 0.15) is 0 Å². The molecule has 0 aliphatic heterocycles. The number of hydrogen-bond donors (Lipinski definition) is 0. The molecule has 7 aromatic rings. The number of nitrogens with zero attached hydrogens (tertiary/aromatic N) is 2. The molecule has 2 aliphatic carbocycles. The van der Waals surface area contributed by atoms with Gasteiger partial charge in [-0.1, -0.05) is 165 Å². The molecule has 1 fully saturated rings. The Hall–Kier alpha value is -5.60. The highest BCUT2D eigenvalue weighted by Crippen LogP contribution is 2.57. The predicted octanol–water partition coefficient (Wildman–Crippen LogP) is 12.0. The van der Waals surface area contributed by atoms with Crippen LogP contribution in [-0.4, -0.2) is 9.97 Å². The van der Waals surface area contributed by atoms with Crippen molar-refractivity contribution in [2.75, 3.05) is 0 Å². The Bertz CT molecular complexity index is 2190. The lowest BCUT2D eigenvalue weighted by Crippen LogP contribution is -2.27. The first kappa shape index (κ1) is 28.6. The summed E-state index contributed by atoms with van der Waals surface area (Å²) in [6.07, 6.45) is 6.47. The molecular weight excluding hydrogens is 581 g/mol. The summed E-state index contributed by atoms with van der Waals surface area (Å²) in [5, 5.41) is 0. The van der Waals surface area contributed by atoms with Gasteiger partial charge in [0.25, 0.3) is 0 Å². The molecule has 1 saturated carbocycles. The van der Waals surface area contributed by atoms with Gasteiger partial charge in [0.05, 0.1) is 11.4 Å². The molecule has 0 saturated heterocycles. The van der Waals surface area contributed by atoms with Gasteiger partial charge in [-0.05, 0) is 69.5 Å². The normalized spacial score (nSPS) is 14.4. The topological polar surface area (TPSA) is 25.8 Å². The molecule has 2 nitrogen and oxygen atoms in total. The average Bonchev–Trinajstić information content (AvgIpc) is 3.44. The fourth-order valence-corrected chi connectivity index (χ4v) is 8.21. The molecule has 1 spiro atoms. The highest BCUT2D eigenvalue weighted by atomic mass is 14.9. The first-order valence-corrected chi connectivity index (χ1v) is 17.2. The van der Waals surface area contributed by atoms with Crippen LogP contribution in [0.15, 0.2) is 158 Å². The Balaban J connectivity index is 1.09. The quantitative estimate of drug-likeness (QED) is 0.192. The molecule has 0 atom stereocenters. The van der Waals surface area contributed by atoms with Crippen molar-refractivity contribution in [1.29, 1.82) is 0 Å². The number of hydrogen-bond acceptors (Lipinski definition) is 2. The largest absolute Gasteiger partial charge is 0.228 e. The first-order valence-electron chi connectivity index (χ1n) is 17.2. The Morgan fingerprint density at radius 2 is 0.938 bits per heavy atom. The lowest BCUT2D eigenvalue weighted by Gasteiger charge is -2.36. The van der Waals surface area contributed by atoms with Crippen molar-refractivity contribution in [2.45, 2.75) is 37.5 Å². The third-order valence-corrected chi connectivity index (χ3v) is 10.5. The fraction of sp³-hybridized carbons (Fsp3) is 0.130. The zero-order valence-electron chi connectivity index (χ0n) is 26.9. The molecule has 0 bridgehead atoms. The Labute approximate surface area is 282 Å². The second-order valence-corrected chi connectivity index (χ2v) is 13.3. The predicted molar refractivity (Wildman–Crippen MR) is 199 cm³/mol. The van der Waals surface area contributed by atoms with Gasteiger partial charge in [-0.2, -0.15) is 0 Å². The van der Waals surface area contributed by atoms with E-state index in [2.05, 4.69) is 133 Å². The number of fused-ring (bicyclic) bond motifs is 5. The summed E-state index contributed by atoms with van der Waals surface area (Å²) >= 11 is 0. The molecule has 0 N–H and O–H groups in total. The van der Waals surface area contributed by atoms with Gasteiger partial charge in [0.15, 0.2) is 5.82 Å². The summed E-state index contributed by atoms with van der Waals surface area (Å²) in [4.78, 5) is 10.0.